The maximum absolute atomic E-state index is 13.0. The number of rotatable bonds is 9. The molecule has 1 saturated heterocycles. The molecule has 2 aromatic heterocycles. The Morgan fingerprint density at radius 1 is 0.939 bits per heavy atom. The summed E-state index contributed by atoms with van der Waals surface area (Å²) in [4.78, 5) is 20.7. The largest absolute Gasteiger partial charge is 0.492 e. The standard InChI is InChI=1S/C24H27F3N4O2/c25-24(26,27)22(32)21-18-31(23-20(21)8-4-9-28-23)11-5-10-29-12-14-30(15-13-29)16-17-33-19-6-2-1-3-7-19/h1-4,6-9,18H,5,10-17H2. The van der Waals surface area contributed by atoms with E-state index in [1.807, 2.05) is 30.3 Å². The van der Waals surface area contributed by atoms with Gasteiger partial charge in [-0.2, -0.15) is 13.2 Å². The fourth-order valence-electron chi connectivity index (χ4n) is 4.14. The lowest BCUT2D eigenvalue weighted by Crippen LogP contribution is -2.47. The Kier molecular flexibility index (Phi) is 7.29. The van der Waals surface area contributed by atoms with Crippen molar-refractivity contribution in [2.75, 3.05) is 45.9 Å². The van der Waals surface area contributed by atoms with E-state index in [1.165, 1.54) is 18.5 Å². The molecule has 0 saturated carbocycles. The van der Waals surface area contributed by atoms with Crippen molar-refractivity contribution in [1.29, 1.82) is 0 Å². The number of Topliss-reactive ketones (excluding diaryl/α,β-unsaturated/α-hetero) is 1. The Balaban J connectivity index is 1.24. The number of ketones is 1. The van der Waals surface area contributed by atoms with Crippen LogP contribution in [0.3, 0.4) is 0 Å². The van der Waals surface area contributed by atoms with E-state index in [4.69, 9.17) is 4.74 Å². The number of aryl methyl sites for hydroxylation is 1. The average Bonchev–Trinajstić information content (AvgIpc) is 3.18. The first-order valence-corrected chi connectivity index (χ1v) is 11.1. The van der Waals surface area contributed by atoms with E-state index in [0.29, 0.717) is 18.8 Å². The van der Waals surface area contributed by atoms with Crippen LogP contribution >= 0.6 is 0 Å². The highest BCUT2D eigenvalue weighted by molar-refractivity contribution is 6.10. The van der Waals surface area contributed by atoms with Crippen LogP contribution in [0.5, 0.6) is 5.75 Å². The molecular formula is C24H27F3N4O2. The Labute approximate surface area is 190 Å². The third-order valence-electron chi connectivity index (χ3n) is 5.89. The van der Waals surface area contributed by atoms with E-state index in [-0.39, 0.29) is 10.9 Å². The summed E-state index contributed by atoms with van der Waals surface area (Å²) < 4.78 is 46.3. The van der Waals surface area contributed by atoms with Crippen molar-refractivity contribution in [3.63, 3.8) is 0 Å². The number of para-hydroxylation sites is 1. The number of carbonyl (C=O) groups is 1. The van der Waals surface area contributed by atoms with Gasteiger partial charge in [-0.15, -0.1) is 0 Å². The highest BCUT2D eigenvalue weighted by Gasteiger charge is 2.41. The van der Waals surface area contributed by atoms with Gasteiger partial charge in [0.05, 0.1) is 5.56 Å². The van der Waals surface area contributed by atoms with Gasteiger partial charge >= 0.3 is 6.18 Å². The Morgan fingerprint density at radius 3 is 2.33 bits per heavy atom. The highest BCUT2D eigenvalue weighted by atomic mass is 19.4. The van der Waals surface area contributed by atoms with Crippen LogP contribution in [0, 0.1) is 0 Å². The van der Waals surface area contributed by atoms with Gasteiger partial charge in [-0.3, -0.25) is 9.69 Å². The normalized spacial score (nSPS) is 15.7. The molecule has 1 aliphatic rings. The quantitative estimate of drug-likeness (QED) is 0.454. The first kappa shape index (κ1) is 23.3. The van der Waals surface area contributed by atoms with Gasteiger partial charge in [0.1, 0.15) is 18.0 Å². The zero-order valence-electron chi connectivity index (χ0n) is 18.3. The number of fused-ring (bicyclic) bond motifs is 1. The number of alkyl halides is 3. The zero-order chi connectivity index (χ0) is 23.3. The van der Waals surface area contributed by atoms with Crippen LogP contribution < -0.4 is 4.74 Å². The van der Waals surface area contributed by atoms with Crippen LogP contribution in [0.2, 0.25) is 0 Å². The summed E-state index contributed by atoms with van der Waals surface area (Å²) in [6.07, 6.45) is -1.32. The average molecular weight is 461 g/mol. The number of piperazine rings is 1. The summed E-state index contributed by atoms with van der Waals surface area (Å²) in [5.41, 5.74) is 0.0743. The fraction of sp³-hybridized carbons (Fsp3) is 0.417. The number of aromatic nitrogens is 2. The van der Waals surface area contributed by atoms with Crippen LogP contribution in [0.15, 0.2) is 54.9 Å². The van der Waals surface area contributed by atoms with Gasteiger partial charge in [-0.1, -0.05) is 18.2 Å². The molecule has 0 amide bonds. The van der Waals surface area contributed by atoms with Gasteiger partial charge in [0.25, 0.3) is 5.78 Å². The van der Waals surface area contributed by atoms with Crippen molar-refractivity contribution in [2.24, 2.45) is 0 Å². The lowest BCUT2D eigenvalue weighted by atomic mass is 10.1. The van der Waals surface area contributed by atoms with E-state index in [0.717, 1.165) is 51.4 Å². The first-order valence-electron chi connectivity index (χ1n) is 11.1. The summed E-state index contributed by atoms with van der Waals surface area (Å²) in [7, 11) is 0. The van der Waals surface area contributed by atoms with E-state index >= 15 is 0 Å². The van der Waals surface area contributed by atoms with Gasteiger partial charge in [0.2, 0.25) is 0 Å². The van der Waals surface area contributed by atoms with Crippen molar-refractivity contribution < 1.29 is 22.7 Å². The number of ether oxygens (including phenoxy) is 1. The first-order chi connectivity index (χ1) is 15.9. The molecule has 4 rings (SSSR count). The van der Waals surface area contributed by atoms with E-state index in [9.17, 15) is 18.0 Å². The molecule has 0 aliphatic carbocycles. The molecule has 6 nitrogen and oxygen atoms in total. The number of benzene rings is 1. The molecule has 0 unspecified atom stereocenters. The molecule has 0 spiro atoms. The van der Waals surface area contributed by atoms with Gasteiger partial charge in [-0.05, 0) is 37.2 Å². The molecule has 0 N–H and O–H groups in total. The van der Waals surface area contributed by atoms with Crippen LogP contribution in [0.25, 0.3) is 11.0 Å². The predicted molar refractivity (Wildman–Crippen MR) is 120 cm³/mol. The van der Waals surface area contributed by atoms with Gasteiger partial charge < -0.3 is 14.2 Å². The molecular weight excluding hydrogens is 433 g/mol. The molecule has 3 aromatic rings. The summed E-state index contributed by atoms with van der Waals surface area (Å²) in [5, 5.41) is 0.242. The summed E-state index contributed by atoms with van der Waals surface area (Å²) >= 11 is 0. The molecule has 176 valence electrons. The Bertz CT molecular complexity index is 1060. The minimum atomic E-state index is -4.90. The van der Waals surface area contributed by atoms with E-state index < -0.39 is 12.0 Å². The maximum atomic E-state index is 13.0. The second kappa shape index (κ2) is 10.4. The van der Waals surface area contributed by atoms with Crippen LogP contribution in [-0.2, 0) is 6.54 Å². The number of pyridine rings is 1. The number of carbonyl (C=O) groups excluding carboxylic acids is 1. The zero-order valence-corrected chi connectivity index (χ0v) is 18.3. The van der Waals surface area contributed by atoms with Crippen molar-refractivity contribution in [3.8, 4) is 5.75 Å². The third kappa shape index (κ3) is 5.91. The summed E-state index contributed by atoms with van der Waals surface area (Å²) in [6, 6.07) is 12.8. The Hall–Kier alpha value is -2.91. The number of hydrogen-bond acceptors (Lipinski definition) is 5. The smallest absolute Gasteiger partial charge is 0.454 e. The molecule has 9 heteroatoms. The van der Waals surface area contributed by atoms with E-state index in [2.05, 4.69) is 14.8 Å². The molecule has 0 atom stereocenters. The predicted octanol–water partition coefficient (Wildman–Crippen LogP) is 3.87. The van der Waals surface area contributed by atoms with Crippen LogP contribution in [-0.4, -0.2) is 77.2 Å². The number of halogens is 3. The molecule has 0 bridgehead atoms. The second-order valence-electron chi connectivity index (χ2n) is 8.14. The van der Waals surface area contributed by atoms with Crippen LogP contribution in [0.4, 0.5) is 13.2 Å². The molecule has 1 fully saturated rings. The van der Waals surface area contributed by atoms with Gasteiger partial charge in [0.15, 0.2) is 0 Å². The van der Waals surface area contributed by atoms with Crippen molar-refractivity contribution in [1.82, 2.24) is 19.4 Å². The maximum Gasteiger partial charge on any atom is 0.454 e. The molecule has 1 aliphatic heterocycles. The van der Waals surface area contributed by atoms with Crippen molar-refractivity contribution >= 4 is 16.8 Å². The monoisotopic (exact) mass is 460 g/mol. The lowest BCUT2D eigenvalue weighted by Gasteiger charge is -2.34. The molecule has 0 radical (unpaired) electrons. The van der Waals surface area contributed by atoms with E-state index in [1.54, 1.807) is 10.6 Å². The minimum Gasteiger partial charge on any atom is -0.492 e. The lowest BCUT2D eigenvalue weighted by molar-refractivity contribution is -0.0884. The van der Waals surface area contributed by atoms with Gasteiger partial charge in [0, 0.05) is 57.0 Å². The van der Waals surface area contributed by atoms with Gasteiger partial charge in [-0.25, -0.2) is 4.98 Å². The van der Waals surface area contributed by atoms with Crippen molar-refractivity contribution in [3.05, 3.63) is 60.4 Å². The third-order valence-corrected chi connectivity index (χ3v) is 5.89. The molecule has 3 heterocycles. The number of nitrogens with zero attached hydrogens (tertiary/aromatic N) is 4. The fourth-order valence-corrected chi connectivity index (χ4v) is 4.14. The SMILES string of the molecule is O=C(c1cn(CCCN2CCN(CCOc3ccccc3)CC2)c2ncccc12)C(F)(F)F. The Morgan fingerprint density at radius 2 is 1.64 bits per heavy atom. The van der Waals surface area contributed by atoms with Crippen molar-refractivity contribution in [2.45, 2.75) is 19.1 Å². The second-order valence-corrected chi connectivity index (χ2v) is 8.14. The van der Waals surface area contributed by atoms with Crippen LogP contribution in [0.1, 0.15) is 16.8 Å². The highest BCUT2D eigenvalue weighted by Crippen LogP contribution is 2.27. The topological polar surface area (TPSA) is 50.6 Å². The summed E-state index contributed by atoms with van der Waals surface area (Å²) in [6.45, 7) is 6.65. The molecule has 33 heavy (non-hydrogen) atoms. The minimum absolute atomic E-state index is 0.242. The number of hydrogen-bond donors (Lipinski definition) is 0. The molecule has 1 aromatic carbocycles. The summed E-state index contributed by atoms with van der Waals surface area (Å²) in [5.74, 6) is -0.949.